The minimum absolute atomic E-state index is 0. The first-order valence-corrected chi connectivity index (χ1v) is 5.64. The van der Waals surface area contributed by atoms with Crippen molar-refractivity contribution in [2.45, 2.75) is 0 Å². The van der Waals surface area contributed by atoms with E-state index in [1.807, 2.05) is 0 Å². The molecule has 0 fully saturated rings. The summed E-state index contributed by atoms with van der Waals surface area (Å²) < 4.78 is 0. The fourth-order valence-corrected chi connectivity index (χ4v) is 0. The Kier molecular flexibility index (Phi) is 169. The molecule has 0 heterocycles. The van der Waals surface area contributed by atoms with Crippen molar-refractivity contribution in [1.29, 1.82) is 0 Å². The zero-order chi connectivity index (χ0) is 5.41. The molecule has 0 aliphatic rings. The Morgan fingerprint density at radius 1 is 0.556 bits per heavy atom. The fourth-order valence-electron chi connectivity index (χ4n) is 0. The Morgan fingerprint density at radius 2 is 0.556 bits per heavy atom. The molecule has 9 heavy (non-hydrogen) atoms. The molecule has 0 atom stereocenters. The van der Waals surface area contributed by atoms with E-state index < -0.39 is 0 Å². The zero-order valence-corrected chi connectivity index (χ0v) is 8.52. The molecule has 0 unspecified atom stereocenters. The molecule has 0 saturated carbocycles. The van der Waals surface area contributed by atoms with Gasteiger partial charge in [0.2, 0.25) is 0 Å². The molecule has 0 saturated heterocycles. The fraction of sp³-hybridized carbons (Fsp3) is 0. The van der Waals surface area contributed by atoms with Crippen LogP contribution < -0.4 is 0 Å². The van der Waals surface area contributed by atoms with Crippen molar-refractivity contribution in [2.24, 2.45) is 0 Å². The molecule has 9 heteroatoms. The van der Waals surface area contributed by atoms with Crippen LogP contribution in [0.3, 0.4) is 0 Å². The summed E-state index contributed by atoms with van der Waals surface area (Å²) in [6.45, 7) is 0. The second kappa shape index (κ2) is 49.9. The summed E-state index contributed by atoms with van der Waals surface area (Å²) in [5.41, 5.74) is 0. The molecule has 0 aromatic heterocycles. The molecular formula is H6Cl4Cu2O3. The molecule has 0 spiro atoms. The molecular weight excluding hydrogens is 317 g/mol. The zero-order valence-electron chi connectivity index (χ0n) is 3.61. The van der Waals surface area contributed by atoms with Crippen LogP contribution in [-0.4, -0.2) is 16.4 Å². The maximum absolute atomic E-state index is 4.67. The van der Waals surface area contributed by atoms with Gasteiger partial charge in [-0.2, -0.15) is 0 Å². The summed E-state index contributed by atoms with van der Waals surface area (Å²) in [6.07, 6.45) is 0. The number of hydrogen-bond acceptors (Lipinski definition) is 0. The minimum atomic E-state index is 0. The summed E-state index contributed by atoms with van der Waals surface area (Å²) >= 11 is 1.51. The first-order chi connectivity index (χ1) is 2.83. The van der Waals surface area contributed by atoms with Crippen LogP contribution in [-0.2, 0) is 26.3 Å². The van der Waals surface area contributed by atoms with E-state index in [9.17, 15) is 0 Å². The van der Waals surface area contributed by atoms with Crippen molar-refractivity contribution in [3.8, 4) is 0 Å². The summed E-state index contributed by atoms with van der Waals surface area (Å²) in [6, 6.07) is 0. The average molecular weight is 323 g/mol. The van der Waals surface area contributed by atoms with Crippen LogP contribution in [0.4, 0.5) is 0 Å². The molecule has 3 nitrogen and oxygen atoms in total. The van der Waals surface area contributed by atoms with Gasteiger partial charge in [-0.25, -0.2) is 0 Å². The van der Waals surface area contributed by atoms with Crippen LogP contribution in [0.1, 0.15) is 0 Å². The third-order valence-electron chi connectivity index (χ3n) is 0. The van der Waals surface area contributed by atoms with Crippen LogP contribution in [0.15, 0.2) is 0 Å². The van der Waals surface area contributed by atoms with Crippen molar-refractivity contribution in [3.05, 3.63) is 0 Å². The molecule has 0 rings (SSSR count). The average Bonchev–Trinajstić information content (AvgIpc) is 1.39. The molecule has 74 valence electrons. The third-order valence-corrected chi connectivity index (χ3v) is 0. The van der Waals surface area contributed by atoms with Gasteiger partial charge in [0, 0.05) is 0 Å². The third kappa shape index (κ3) is 152. The molecule has 0 radical (unpaired) electrons. The molecule has 6 N–H and O–H groups in total. The number of hydrogen-bond donors (Lipinski definition) is 0. The van der Waals surface area contributed by atoms with Crippen molar-refractivity contribution < 1.29 is 42.7 Å². The van der Waals surface area contributed by atoms with E-state index in [1.165, 1.54) is 0 Å². The first-order valence-electron chi connectivity index (χ1n) is 0.456. The molecule has 0 bridgehead atoms. The van der Waals surface area contributed by atoms with E-state index in [2.05, 4.69) is 40.4 Å². The van der Waals surface area contributed by atoms with Crippen molar-refractivity contribution in [3.63, 3.8) is 0 Å². The van der Waals surface area contributed by atoms with Gasteiger partial charge in [-0.1, -0.05) is 0 Å². The van der Waals surface area contributed by atoms with Crippen molar-refractivity contribution >= 4 is 40.4 Å². The van der Waals surface area contributed by atoms with E-state index in [4.69, 9.17) is 0 Å². The summed E-state index contributed by atoms with van der Waals surface area (Å²) in [5.74, 6) is 0. The van der Waals surface area contributed by atoms with Crippen LogP contribution in [0, 0.1) is 0 Å². The topological polar surface area (TPSA) is 94.5 Å². The van der Waals surface area contributed by atoms with Crippen molar-refractivity contribution in [1.82, 2.24) is 0 Å². The van der Waals surface area contributed by atoms with E-state index in [0.29, 0.717) is 0 Å². The molecule has 0 aliphatic heterocycles. The maximum atomic E-state index is 4.67. The second-order valence-corrected chi connectivity index (χ2v) is 3.20. The quantitative estimate of drug-likeness (QED) is 0.573. The van der Waals surface area contributed by atoms with Gasteiger partial charge in [0.1, 0.15) is 0 Å². The van der Waals surface area contributed by atoms with Crippen LogP contribution in [0.2, 0.25) is 0 Å². The van der Waals surface area contributed by atoms with Gasteiger partial charge in [0.15, 0.2) is 0 Å². The van der Waals surface area contributed by atoms with Crippen LogP contribution in [0.25, 0.3) is 0 Å². The van der Waals surface area contributed by atoms with E-state index in [0.717, 1.165) is 26.3 Å². The number of halogens is 4. The predicted octanol–water partition coefficient (Wildman–Crippen LogP) is 0.279. The van der Waals surface area contributed by atoms with Gasteiger partial charge < -0.3 is 16.4 Å². The monoisotopic (exact) mass is 320 g/mol. The van der Waals surface area contributed by atoms with E-state index in [-0.39, 0.29) is 16.4 Å². The molecule has 0 aromatic rings. The van der Waals surface area contributed by atoms with Gasteiger partial charge >= 0.3 is 66.7 Å². The standard InChI is InChI=1S/4ClH.2Cu.3H2O/h4*1H;;;3*1H2/q;;;;2*+2;;;/p-4. The van der Waals surface area contributed by atoms with Crippen molar-refractivity contribution in [2.75, 3.05) is 0 Å². The van der Waals surface area contributed by atoms with E-state index in [1.54, 1.807) is 0 Å². The predicted molar refractivity (Wildman–Crippen MR) is 34.3 cm³/mol. The van der Waals surface area contributed by atoms with Gasteiger partial charge in [0.05, 0.1) is 0 Å². The SMILES string of the molecule is O.O.O.[Cl][Cu][Cl].[Cl][Cu][Cl]. The Morgan fingerprint density at radius 3 is 0.556 bits per heavy atom. The van der Waals surface area contributed by atoms with Gasteiger partial charge in [-0.05, 0) is 0 Å². The Bertz CT molecular complexity index is 15.8. The van der Waals surface area contributed by atoms with Crippen LogP contribution in [0.5, 0.6) is 0 Å². The Hall–Kier alpha value is 2.08. The van der Waals surface area contributed by atoms with E-state index >= 15 is 0 Å². The molecule has 0 aromatic carbocycles. The van der Waals surface area contributed by atoms with Gasteiger partial charge in [-0.3, -0.25) is 0 Å². The summed E-state index contributed by atoms with van der Waals surface area (Å²) in [4.78, 5) is 0. The molecule has 0 aliphatic carbocycles. The Balaban J connectivity index is -0.00000000889. The number of rotatable bonds is 0. The normalized spacial score (nSPS) is 4.89. The summed E-state index contributed by atoms with van der Waals surface area (Å²) in [5, 5.41) is 0. The van der Waals surface area contributed by atoms with Gasteiger partial charge in [0.25, 0.3) is 0 Å². The van der Waals surface area contributed by atoms with Crippen LogP contribution >= 0.6 is 40.4 Å². The first kappa shape index (κ1) is 30.5. The summed E-state index contributed by atoms with van der Waals surface area (Å²) in [7, 11) is 18.7. The second-order valence-electron chi connectivity index (χ2n) is 0.0861. The molecule has 0 amide bonds. The van der Waals surface area contributed by atoms with Gasteiger partial charge in [-0.15, -0.1) is 0 Å². The Labute approximate surface area is 82.5 Å².